The number of benzene rings is 1. The van der Waals surface area contributed by atoms with E-state index in [9.17, 15) is 0 Å². The molecule has 15 heavy (non-hydrogen) atoms. The van der Waals surface area contributed by atoms with Crippen molar-refractivity contribution in [1.82, 2.24) is 9.97 Å². The van der Waals surface area contributed by atoms with Crippen LogP contribution >= 0.6 is 11.8 Å². The minimum atomic E-state index is 0.253. The molecule has 0 aliphatic carbocycles. The summed E-state index contributed by atoms with van der Waals surface area (Å²) < 4.78 is 5.18. The lowest BCUT2D eigenvalue weighted by Crippen LogP contribution is -2.07. The van der Waals surface area contributed by atoms with Crippen molar-refractivity contribution in [3.05, 3.63) is 24.3 Å². The summed E-state index contributed by atoms with van der Waals surface area (Å²) in [6.07, 6.45) is 0.253. The number of methoxy groups -OCH3 is 1. The summed E-state index contributed by atoms with van der Waals surface area (Å²) in [4.78, 5) is 7.74. The molecule has 1 N–H and O–H groups in total. The topological polar surface area (TPSA) is 37.9 Å². The number of H-pyrrole nitrogens is 1. The summed E-state index contributed by atoms with van der Waals surface area (Å²) >= 11 is 1.69. The fourth-order valence-corrected chi connectivity index (χ4v) is 2.14. The van der Waals surface area contributed by atoms with Gasteiger partial charge in [-0.2, -0.15) is 0 Å². The molecule has 1 aromatic carbocycles. The van der Waals surface area contributed by atoms with E-state index in [2.05, 4.69) is 16.9 Å². The lowest BCUT2D eigenvalue weighted by molar-refractivity contribution is 0.138. The van der Waals surface area contributed by atoms with Crippen LogP contribution in [-0.4, -0.2) is 28.9 Å². The van der Waals surface area contributed by atoms with Gasteiger partial charge in [0.2, 0.25) is 0 Å². The first kappa shape index (κ1) is 10.5. The van der Waals surface area contributed by atoms with Crippen molar-refractivity contribution in [3.63, 3.8) is 0 Å². The highest BCUT2D eigenvalue weighted by Gasteiger charge is 2.05. The number of ether oxygens (including phenoxy) is 1. The van der Waals surface area contributed by atoms with Crippen molar-refractivity contribution in [2.45, 2.75) is 18.2 Å². The van der Waals surface area contributed by atoms with Crippen molar-refractivity contribution >= 4 is 22.8 Å². The highest BCUT2D eigenvalue weighted by molar-refractivity contribution is 7.99. The zero-order chi connectivity index (χ0) is 10.7. The molecule has 1 heterocycles. The molecular weight excluding hydrogens is 208 g/mol. The van der Waals surface area contributed by atoms with Gasteiger partial charge in [0, 0.05) is 12.9 Å². The van der Waals surface area contributed by atoms with Gasteiger partial charge in [-0.25, -0.2) is 4.98 Å². The Kier molecular flexibility index (Phi) is 3.28. The summed E-state index contributed by atoms with van der Waals surface area (Å²) in [6, 6.07) is 8.05. The van der Waals surface area contributed by atoms with E-state index < -0.39 is 0 Å². The van der Waals surface area contributed by atoms with Crippen LogP contribution in [0.2, 0.25) is 0 Å². The second-order valence-electron chi connectivity index (χ2n) is 3.42. The van der Waals surface area contributed by atoms with E-state index in [4.69, 9.17) is 4.74 Å². The zero-order valence-electron chi connectivity index (χ0n) is 8.86. The molecule has 0 bridgehead atoms. The van der Waals surface area contributed by atoms with E-state index >= 15 is 0 Å². The number of fused-ring (bicyclic) bond motifs is 1. The smallest absolute Gasteiger partial charge is 0.166 e. The van der Waals surface area contributed by atoms with E-state index in [-0.39, 0.29) is 6.10 Å². The van der Waals surface area contributed by atoms with Gasteiger partial charge >= 0.3 is 0 Å². The molecule has 0 aliphatic rings. The molecule has 0 aliphatic heterocycles. The molecule has 1 unspecified atom stereocenters. The Morgan fingerprint density at radius 2 is 2.27 bits per heavy atom. The zero-order valence-corrected chi connectivity index (χ0v) is 9.67. The largest absolute Gasteiger partial charge is 0.381 e. The predicted octanol–water partition coefficient (Wildman–Crippen LogP) is 2.69. The molecule has 0 saturated heterocycles. The lowest BCUT2D eigenvalue weighted by Gasteiger charge is -2.06. The van der Waals surface area contributed by atoms with Crippen LogP contribution < -0.4 is 0 Å². The number of para-hydroxylation sites is 2. The van der Waals surface area contributed by atoms with Gasteiger partial charge in [0.15, 0.2) is 5.16 Å². The van der Waals surface area contributed by atoms with Gasteiger partial charge in [0.25, 0.3) is 0 Å². The van der Waals surface area contributed by atoms with Crippen molar-refractivity contribution in [2.24, 2.45) is 0 Å². The summed E-state index contributed by atoms with van der Waals surface area (Å²) in [7, 11) is 1.73. The average molecular weight is 222 g/mol. The summed E-state index contributed by atoms with van der Waals surface area (Å²) in [5.74, 6) is 0.913. The van der Waals surface area contributed by atoms with Gasteiger partial charge in [-0.3, -0.25) is 0 Å². The molecule has 0 spiro atoms. The normalized spacial score (nSPS) is 13.2. The van der Waals surface area contributed by atoms with Gasteiger partial charge in [0.1, 0.15) is 0 Å². The molecule has 4 heteroatoms. The van der Waals surface area contributed by atoms with E-state index in [0.717, 1.165) is 21.9 Å². The number of nitrogens with zero attached hydrogens (tertiary/aromatic N) is 1. The molecule has 0 fully saturated rings. The molecule has 80 valence electrons. The Morgan fingerprint density at radius 1 is 1.47 bits per heavy atom. The van der Waals surface area contributed by atoms with Crippen molar-refractivity contribution in [2.75, 3.05) is 12.9 Å². The van der Waals surface area contributed by atoms with E-state index in [0.29, 0.717) is 0 Å². The van der Waals surface area contributed by atoms with Gasteiger partial charge in [-0.1, -0.05) is 23.9 Å². The molecule has 1 atom stereocenters. The van der Waals surface area contributed by atoms with Gasteiger partial charge in [0.05, 0.1) is 17.1 Å². The first-order chi connectivity index (χ1) is 7.29. The van der Waals surface area contributed by atoms with Gasteiger partial charge < -0.3 is 9.72 Å². The highest BCUT2D eigenvalue weighted by Crippen LogP contribution is 2.19. The van der Waals surface area contributed by atoms with Gasteiger partial charge in [-0.15, -0.1) is 0 Å². The Hall–Kier alpha value is -1.00. The lowest BCUT2D eigenvalue weighted by atomic mass is 10.3. The first-order valence-electron chi connectivity index (χ1n) is 4.90. The van der Waals surface area contributed by atoms with Crippen molar-refractivity contribution in [1.29, 1.82) is 0 Å². The molecule has 3 nitrogen and oxygen atoms in total. The molecule has 0 radical (unpaired) electrons. The minimum Gasteiger partial charge on any atom is -0.381 e. The Bertz CT molecular complexity index is 408. The number of hydrogen-bond donors (Lipinski definition) is 1. The number of hydrogen-bond acceptors (Lipinski definition) is 3. The summed E-state index contributed by atoms with van der Waals surface area (Å²) in [6.45, 7) is 2.05. The van der Waals surface area contributed by atoms with Crippen molar-refractivity contribution in [3.8, 4) is 0 Å². The average Bonchev–Trinajstić information content (AvgIpc) is 2.68. The fourth-order valence-electron chi connectivity index (χ4n) is 1.26. The Labute approximate surface area is 93.2 Å². The standard InChI is InChI=1S/C11H14N2OS/c1-8(14-2)7-15-11-12-9-5-3-4-6-10(9)13-11/h3-6,8H,7H2,1-2H3,(H,12,13). The summed E-state index contributed by atoms with van der Waals surface area (Å²) in [5.41, 5.74) is 2.11. The number of rotatable bonds is 4. The van der Waals surface area contributed by atoms with Crippen LogP contribution in [0.4, 0.5) is 0 Å². The van der Waals surface area contributed by atoms with Crippen LogP contribution in [0.15, 0.2) is 29.4 Å². The monoisotopic (exact) mass is 222 g/mol. The third-order valence-electron chi connectivity index (χ3n) is 2.22. The van der Waals surface area contributed by atoms with Crippen LogP contribution in [0.5, 0.6) is 0 Å². The van der Waals surface area contributed by atoms with Crippen LogP contribution in [0.25, 0.3) is 11.0 Å². The number of thioether (sulfide) groups is 1. The maximum Gasteiger partial charge on any atom is 0.166 e. The quantitative estimate of drug-likeness (QED) is 0.808. The van der Waals surface area contributed by atoms with Crippen LogP contribution in [0, 0.1) is 0 Å². The van der Waals surface area contributed by atoms with E-state index in [1.54, 1.807) is 18.9 Å². The van der Waals surface area contributed by atoms with Crippen LogP contribution in [0.3, 0.4) is 0 Å². The Morgan fingerprint density at radius 3 is 3.00 bits per heavy atom. The molecule has 0 amide bonds. The second-order valence-corrected chi connectivity index (χ2v) is 4.43. The summed E-state index contributed by atoms with van der Waals surface area (Å²) in [5, 5.41) is 0.958. The molecular formula is C11H14N2OS. The van der Waals surface area contributed by atoms with Gasteiger partial charge in [-0.05, 0) is 19.1 Å². The molecule has 1 aromatic heterocycles. The fraction of sp³-hybridized carbons (Fsp3) is 0.364. The van der Waals surface area contributed by atoms with E-state index in [1.165, 1.54) is 0 Å². The van der Waals surface area contributed by atoms with Crippen LogP contribution in [0.1, 0.15) is 6.92 Å². The first-order valence-corrected chi connectivity index (χ1v) is 5.88. The van der Waals surface area contributed by atoms with Crippen molar-refractivity contribution < 1.29 is 4.74 Å². The highest BCUT2D eigenvalue weighted by atomic mass is 32.2. The molecule has 2 rings (SSSR count). The Balaban J connectivity index is 2.09. The third-order valence-corrected chi connectivity index (χ3v) is 3.33. The second kappa shape index (κ2) is 4.68. The minimum absolute atomic E-state index is 0.253. The third kappa shape index (κ3) is 2.52. The molecule has 0 saturated carbocycles. The van der Waals surface area contributed by atoms with E-state index in [1.807, 2.05) is 24.3 Å². The van der Waals surface area contributed by atoms with Crippen LogP contribution in [-0.2, 0) is 4.74 Å². The number of nitrogens with one attached hydrogen (secondary N) is 1. The number of aromatic nitrogens is 2. The molecule has 2 aromatic rings. The number of imidazole rings is 1. The number of aromatic amines is 1. The maximum atomic E-state index is 5.18. The predicted molar refractivity (Wildman–Crippen MR) is 63.3 cm³/mol. The maximum absolute atomic E-state index is 5.18. The SMILES string of the molecule is COC(C)CSc1nc2ccccc2[nH]1.